The summed E-state index contributed by atoms with van der Waals surface area (Å²) in [6, 6.07) is -0.548. The first-order valence-corrected chi connectivity index (χ1v) is 24.1. The average Bonchev–Trinajstić information content (AvgIpc) is 3.23. The van der Waals surface area contributed by atoms with Crippen molar-refractivity contribution in [3.63, 3.8) is 0 Å². The quantitative estimate of drug-likeness (QED) is 0.0425. The van der Waals surface area contributed by atoms with Gasteiger partial charge in [0.25, 0.3) is 0 Å². The van der Waals surface area contributed by atoms with Crippen LogP contribution in [-0.4, -0.2) is 34.9 Å². The molecule has 0 saturated heterocycles. The van der Waals surface area contributed by atoms with Crippen LogP contribution in [0.2, 0.25) is 0 Å². The molecule has 2 atom stereocenters. The third-order valence-corrected chi connectivity index (χ3v) is 10.3. The molecule has 58 heavy (non-hydrogen) atoms. The van der Waals surface area contributed by atoms with E-state index in [0.29, 0.717) is 12.8 Å². The fourth-order valence-corrected chi connectivity index (χ4v) is 6.65. The van der Waals surface area contributed by atoms with Crippen molar-refractivity contribution in [1.29, 1.82) is 0 Å². The highest BCUT2D eigenvalue weighted by Crippen LogP contribution is 2.14. The first-order valence-electron chi connectivity index (χ1n) is 24.1. The van der Waals surface area contributed by atoms with Crippen molar-refractivity contribution in [2.24, 2.45) is 0 Å². The number of rotatable bonds is 42. The summed E-state index contributed by atoms with van der Waals surface area (Å²) in [5.41, 5.74) is 0. The third-order valence-electron chi connectivity index (χ3n) is 10.3. The van der Waals surface area contributed by atoms with Gasteiger partial charge >= 0.3 is 0 Å². The molecule has 0 aromatic heterocycles. The van der Waals surface area contributed by atoms with Crippen molar-refractivity contribution >= 4 is 5.91 Å². The van der Waals surface area contributed by atoms with Crippen LogP contribution in [0.4, 0.5) is 0 Å². The van der Waals surface area contributed by atoms with Gasteiger partial charge in [0.15, 0.2) is 0 Å². The Balaban J connectivity index is 3.63. The van der Waals surface area contributed by atoms with Gasteiger partial charge in [0.05, 0.1) is 18.8 Å². The molecule has 0 spiro atoms. The Morgan fingerprint density at radius 3 is 1.14 bits per heavy atom. The molecule has 330 valence electrons. The first kappa shape index (κ1) is 55.0. The molecule has 0 aromatic rings. The molecule has 0 aliphatic rings. The number of unbranched alkanes of at least 4 members (excludes halogenated alkanes) is 17. The van der Waals surface area contributed by atoms with Crippen molar-refractivity contribution in [1.82, 2.24) is 5.32 Å². The van der Waals surface area contributed by atoms with Crippen LogP contribution >= 0.6 is 0 Å². The van der Waals surface area contributed by atoms with Gasteiger partial charge in [-0.2, -0.15) is 0 Å². The molecule has 0 radical (unpaired) electrons. The Morgan fingerprint density at radius 1 is 0.431 bits per heavy atom. The molecule has 0 heterocycles. The van der Waals surface area contributed by atoms with Crippen molar-refractivity contribution in [3.8, 4) is 0 Å². The van der Waals surface area contributed by atoms with E-state index in [2.05, 4.69) is 129 Å². The Morgan fingerprint density at radius 2 is 0.759 bits per heavy atom. The smallest absolute Gasteiger partial charge is 0.220 e. The first-order chi connectivity index (χ1) is 28.7. The van der Waals surface area contributed by atoms with E-state index in [1.54, 1.807) is 0 Å². The number of aliphatic hydroxyl groups is 2. The lowest BCUT2D eigenvalue weighted by Gasteiger charge is -2.22. The zero-order valence-electron chi connectivity index (χ0n) is 37.8. The van der Waals surface area contributed by atoms with Crippen molar-refractivity contribution in [3.05, 3.63) is 109 Å². The fraction of sp³-hybridized carbons (Fsp3) is 0.648. The SMILES string of the molecule is CC/C=C\C/C=C\C/C=C\C/C=C\C/C=C\C/C=C\C/C=C\C/C=C\C/C=C\CCCCCCCCCC(=O)NC(CO)C(O)CCCCCCCCCCCCC. The predicted octanol–water partition coefficient (Wildman–Crippen LogP) is 15.6. The van der Waals surface area contributed by atoms with Crippen LogP contribution in [-0.2, 0) is 4.79 Å². The number of amides is 1. The molecule has 0 rings (SSSR count). The number of carbonyl (C=O) groups is 1. The maximum atomic E-state index is 12.4. The van der Waals surface area contributed by atoms with Gasteiger partial charge in [-0.1, -0.05) is 226 Å². The van der Waals surface area contributed by atoms with Crippen molar-refractivity contribution in [2.45, 2.75) is 219 Å². The minimum Gasteiger partial charge on any atom is -0.394 e. The van der Waals surface area contributed by atoms with E-state index < -0.39 is 12.1 Å². The van der Waals surface area contributed by atoms with E-state index in [1.165, 1.54) is 83.5 Å². The molecule has 0 aliphatic heterocycles. The van der Waals surface area contributed by atoms with E-state index >= 15 is 0 Å². The van der Waals surface area contributed by atoms with E-state index in [9.17, 15) is 15.0 Å². The van der Waals surface area contributed by atoms with Crippen molar-refractivity contribution < 1.29 is 15.0 Å². The molecule has 4 heteroatoms. The Bertz CT molecular complexity index is 1140. The summed E-state index contributed by atoms with van der Waals surface area (Å²) in [4.78, 5) is 12.4. The van der Waals surface area contributed by atoms with Gasteiger partial charge in [-0.05, 0) is 83.5 Å². The van der Waals surface area contributed by atoms with E-state index in [1.807, 2.05) is 0 Å². The van der Waals surface area contributed by atoms with Gasteiger partial charge in [0.2, 0.25) is 5.91 Å². The molecule has 0 aliphatic carbocycles. The summed E-state index contributed by atoms with van der Waals surface area (Å²) < 4.78 is 0. The van der Waals surface area contributed by atoms with E-state index in [-0.39, 0.29) is 12.5 Å². The lowest BCUT2D eigenvalue weighted by atomic mass is 10.0. The molecule has 2 unspecified atom stereocenters. The third kappa shape index (κ3) is 44.2. The van der Waals surface area contributed by atoms with Gasteiger partial charge < -0.3 is 15.5 Å². The number of hydrogen-bond acceptors (Lipinski definition) is 3. The van der Waals surface area contributed by atoms with Crippen LogP contribution in [0.15, 0.2) is 109 Å². The Kier molecular flexibility index (Phi) is 46.0. The number of aliphatic hydroxyl groups excluding tert-OH is 2. The molecule has 0 saturated carbocycles. The van der Waals surface area contributed by atoms with E-state index in [0.717, 1.165) is 96.3 Å². The van der Waals surface area contributed by atoms with Crippen LogP contribution < -0.4 is 5.32 Å². The molecular weight excluding hydrogens is 711 g/mol. The van der Waals surface area contributed by atoms with Gasteiger partial charge in [-0.15, -0.1) is 0 Å². The number of nitrogens with one attached hydrogen (secondary N) is 1. The van der Waals surface area contributed by atoms with Crippen LogP contribution in [0.3, 0.4) is 0 Å². The molecule has 0 aromatic carbocycles. The van der Waals surface area contributed by atoms with Crippen LogP contribution in [0.25, 0.3) is 0 Å². The second-order valence-electron chi connectivity index (χ2n) is 15.8. The topological polar surface area (TPSA) is 69.6 Å². The lowest BCUT2D eigenvalue weighted by molar-refractivity contribution is -0.123. The monoisotopic (exact) mass is 802 g/mol. The highest BCUT2D eigenvalue weighted by molar-refractivity contribution is 5.76. The summed E-state index contributed by atoms with van der Waals surface area (Å²) in [5.74, 6) is -0.0491. The maximum Gasteiger partial charge on any atom is 0.220 e. The van der Waals surface area contributed by atoms with Gasteiger partial charge in [-0.25, -0.2) is 0 Å². The number of carbonyl (C=O) groups excluding carboxylic acids is 1. The second-order valence-corrected chi connectivity index (χ2v) is 15.8. The minimum absolute atomic E-state index is 0.0491. The molecule has 1 amide bonds. The predicted molar refractivity (Wildman–Crippen MR) is 257 cm³/mol. The van der Waals surface area contributed by atoms with E-state index in [4.69, 9.17) is 0 Å². The molecule has 0 bridgehead atoms. The standard InChI is InChI=1S/C54H91NO3/c1-3-5-7-9-11-13-15-16-17-18-19-20-21-22-23-24-25-26-27-28-29-30-31-32-33-34-35-36-37-38-40-42-44-46-48-50-54(58)55-52(51-56)53(57)49-47-45-43-41-39-14-12-10-8-6-4-2/h5,7,11,13,16-17,19-20,22-23,25-26,28-29,31-32,34-35,52-53,56-57H,3-4,6,8-10,12,14-15,18,21,24,27,30,33,36-51H2,1-2H3,(H,55,58)/b7-5-,13-11-,17-16-,20-19-,23-22-,26-25-,29-28-,32-31-,35-34-. The maximum absolute atomic E-state index is 12.4. The highest BCUT2D eigenvalue weighted by Gasteiger charge is 2.20. The normalized spacial score (nSPS) is 13.9. The Hall–Kier alpha value is -2.95. The summed E-state index contributed by atoms with van der Waals surface area (Å²) in [6.07, 6.45) is 73.2. The van der Waals surface area contributed by atoms with Gasteiger partial charge in [0, 0.05) is 6.42 Å². The van der Waals surface area contributed by atoms with Gasteiger partial charge in [-0.3, -0.25) is 4.79 Å². The number of hydrogen-bond donors (Lipinski definition) is 3. The number of allylic oxidation sites excluding steroid dienone is 18. The van der Waals surface area contributed by atoms with Crippen LogP contribution in [0, 0.1) is 0 Å². The molecule has 4 nitrogen and oxygen atoms in total. The lowest BCUT2D eigenvalue weighted by Crippen LogP contribution is -2.45. The van der Waals surface area contributed by atoms with Crippen molar-refractivity contribution in [2.75, 3.05) is 6.61 Å². The highest BCUT2D eigenvalue weighted by atomic mass is 16.3. The van der Waals surface area contributed by atoms with Crippen LogP contribution in [0.1, 0.15) is 206 Å². The summed E-state index contributed by atoms with van der Waals surface area (Å²) >= 11 is 0. The summed E-state index contributed by atoms with van der Waals surface area (Å²) in [5, 5.41) is 23.1. The molecule has 0 fully saturated rings. The van der Waals surface area contributed by atoms with Gasteiger partial charge in [0.1, 0.15) is 0 Å². The zero-order valence-corrected chi connectivity index (χ0v) is 37.8. The zero-order chi connectivity index (χ0) is 42.1. The summed E-state index contributed by atoms with van der Waals surface area (Å²) in [7, 11) is 0. The largest absolute Gasteiger partial charge is 0.394 e. The molecular formula is C54H91NO3. The average molecular weight is 802 g/mol. The second kappa shape index (κ2) is 48.4. The summed E-state index contributed by atoms with van der Waals surface area (Å²) in [6.45, 7) is 4.22. The molecule has 3 N–H and O–H groups in total. The van der Waals surface area contributed by atoms with Crippen LogP contribution in [0.5, 0.6) is 0 Å². The minimum atomic E-state index is -0.670. The fourth-order valence-electron chi connectivity index (χ4n) is 6.65. The Labute approximate surface area is 359 Å².